The van der Waals surface area contributed by atoms with Crippen LogP contribution in [0, 0.1) is 0 Å². The molecule has 1 amide bonds. The molecule has 7 nitrogen and oxygen atoms in total. The number of hydrogen-bond acceptors (Lipinski definition) is 5. The first-order valence-electron chi connectivity index (χ1n) is 7.48. The Balaban J connectivity index is 1.63. The van der Waals surface area contributed by atoms with Crippen LogP contribution in [0.25, 0.3) is 11.0 Å². The summed E-state index contributed by atoms with van der Waals surface area (Å²) in [6.45, 7) is 0.695. The molecule has 0 aliphatic rings. The molecule has 122 valence electrons. The molecule has 0 atom stereocenters. The lowest BCUT2D eigenvalue weighted by molar-refractivity contribution is 0.0949. The maximum Gasteiger partial charge on any atom is 0.349 e. The molecule has 0 radical (unpaired) electrons. The van der Waals surface area contributed by atoms with E-state index < -0.39 is 11.5 Å². The van der Waals surface area contributed by atoms with Crippen LogP contribution in [-0.4, -0.2) is 22.2 Å². The Kier molecular flexibility index (Phi) is 4.51. The molecular weight excluding hydrogens is 310 g/mol. The minimum absolute atomic E-state index is 0.0382. The molecule has 0 saturated carbocycles. The highest BCUT2D eigenvalue weighted by atomic mass is 16.4. The van der Waals surface area contributed by atoms with E-state index in [1.165, 1.54) is 23.0 Å². The monoisotopic (exact) mass is 325 g/mol. The number of benzene rings is 1. The van der Waals surface area contributed by atoms with Crippen LogP contribution in [-0.2, 0) is 6.54 Å². The van der Waals surface area contributed by atoms with E-state index in [2.05, 4.69) is 10.4 Å². The van der Waals surface area contributed by atoms with Crippen molar-refractivity contribution in [3.63, 3.8) is 0 Å². The highest BCUT2D eigenvalue weighted by Crippen LogP contribution is 2.12. The van der Waals surface area contributed by atoms with Crippen molar-refractivity contribution in [2.45, 2.75) is 13.0 Å². The van der Waals surface area contributed by atoms with Crippen LogP contribution in [0.1, 0.15) is 16.8 Å². The van der Waals surface area contributed by atoms with Crippen molar-refractivity contribution in [2.24, 2.45) is 0 Å². The normalized spacial score (nSPS) is 10.7. The standard InChI is InChI=1S/C17H15N3O4/c21-15-7-3-9-19-20(15)10-4-8-18-16(22)13-11-12-5-1-2-6-14(12)24-17(13)23/h1-3,5-7,9,11H,4,8,10H2,(H,18,22). The van der Waals surface area contributed by atoms with Crippen molar-refractivity contribution in [3.8, 4) is 0 Å². The van der Waals surface area contributed by atoms with Crippen molar-refractivity contribution >= 4 is 16.9 Å². The van der Waals surface area contributed by atoms with Crippen molar-refractivity contribution < 1.29 is 9.21 Å². The molecule has 1 N–H and O–H groups in total. The van der Waals surface area contributed by atoms with Crippen LogP contribution in [0.2, 0.25) is 0 Å². The fourth-order valence-electron chi connectivity index (χ4n) is 2.30. The smallest absolute Gasteiger partial charge is 0.349 e. The van der Waals surface area contributed by atoms with Gasteiger partial charge in [-0.25, -0.2) is 9.48 Å². The number of carbonyl (C=O) groups excluding carboxylic acids is 1. The summed E-state index contributed by atoms with van der Waals surface area (Å²) in [4.78, 5) is 35.5. The van der Waals surface area contributed by atoms with Gasteiger partial charge in [-0.15, -0.1) is 0 Å². The van der Waals surface area contributed by atoms with Gasteiger partial charge in [-0.1, -0.05) is 18.2 Å². The first-order chi connectivity index (χ1) is 11.6. The Morgan fingerprint density at radius 1 is 1.17 bits per heavy atom. The van der Waals surface area contributed by atoms with Crippen molar-refractivity contribution in [1.29, 1.82) is 0 Å². The van der Waals surface area contributed by atoms with Crippen molar-refractivity contribution in [1.82, 2.24) is 15.1 Å². The highest BCUT2D eigenvalue weighted by Gasteiger charge is 2.13. The average Bonchev–Trinajstić information content (AvgIpc) is 2.59. The molecule has 0 spiro atoms. The van der Waals surface area contributed by atoms with Gasteiger partial charge in [0.2, 0.25) is 0 Å². The van der Waals surface area contributed by atoms with Crippen LogP contribution in [0.5, 0.6) is 0 Å². The van der Waals surface area contributed by atoms with Gasteiger partial charge in [0.15, 0.2) is 0 Å². The summed E-state index contributed by atoms with van der Waals surface area (Å²) in [5, 5.41) is 7.26. The van der Waals surface area contributed by atoms with Crippen molar-refractivity contribution in [3.05, 3.63) is 75.0 Å². The molecule has 0 aliphatic carbocycles. The number of nitrogens with one attached hydrogen (secondary N) is 1. The predicted octanol–water partition coefficient (Wildman–Crippen LogP) is 1.17. The van der Waals surface area contributed by atoms with E-state index in [-0.39, 0.29) is 11.1 Å². The zero-order valence-corrected chi connectivity index (χ0v) is 12.8. The van der Waals surface area contributed by atoms with E-state index >= 15 is 0 Å². The van der Waals surface area contributed by atoms with Gasteiger partial charge in [0.1, 0.15) is 11.1 Å². The molecule has 1 aromatic carbocycles. The number of nitrogens with zero attached hydrogens (tertiary/aromatic N) is 2. The number of fused-ring (bicyclic) bond motifs is 1. The minimum atomic E-state index is -0.674. The number of aryl methyl sites for hydroxylation is 1. The SMILES string of the molecule is O=C(NCCCn1ncccc1=O)c1cc2ccccc2oc1=O. The van der Waals surface area contributed by atoms with Crippen LogP contribution < -0.4 is 16.5 Å². The largest absolute Gasteiger partial charge is 0.422 e. The number of carbonyl (C=O) groups is 1. The molecule has 0 aliphatic heterocycles. The summed E-state index contributed by atoms with van der Waals surface area (Å²) in [7, 11) is 0. The molecule has 0 bridgehead atoms. The molecule has 24 heavy (non-hydrogen) atoms. The molecule has 7 heteroatoms. The van der Waals surface area contributed by atoms with Crippen LogP contribution in [0.4, 0.5) is 0 Å². The third-order valence-electron chi connectivity index (χ3n) is 3.50. The summed E-state index contributed by atoms with van der Waals surface area (Å²) < 4.78 is 6.45. The van der Waals surface area contributed by atoms with Crippen LogP contribution in [0.15, 0.2) is 62.7 Å². The van der Waals surface area contributed by atoms with Gasteiger partial charge < -0.3 is 9.73 Å². The molecule has 3 aromatic rings. The molecule has 2 aromatic heterocycles. The van der Waals surface area contributed by atoms with Gasteiger partial charge in [0, 0.05) is 30.7 Å². The van der Waals surface area contributed by atoms with Crippen LogP contribution >= 0.6 is 0 Å². The summed E-state index contributed by atoms with van der Waals surface area (Å²) in [6, 6.07) is 11.5. The zero-order chi connectivity index (χ0) is 16.9. The van der Waals surface area contributed by atoms with E-state index in [0.717, 1.165) is 0 Å². The summed E-state index contributed by atoms with van der Waals surface area (Å²) in [5.74, 6) is -0.497. The van der Waals surface area contributed by atoms with E-state index in [1.54, 1.807) is 30.3 Å². The quantitative estimate of drug-likeness (QED) is 0.561. The van der Waals surface area contributed by atoms with Crippen molar-refractivity contribution in [2.75, 3.05) is 6.54 Å². The number of aromatic nitrogens is 2. The van der Waals surface area contributed by atoms with E-state index in [4.69, 9.17) is 4.42 Å². The minimum Gasteiger partial charge on any atom is -0.422 e. The van der Waals surface area contributed by atoms with Gasteiger partial charge in [-0.3, -0.25) is 9.59 Å². The average molecular weight is 325 g/mol. The van der Waals surface area contributed by atoms with E-state index in [1.807, 2.05) is 0 Å². The lowest BCUT2D eigenvalue weighted by Crippen LogP contribution is -2.30. The second-order valence-corrected chi connectivity index (χ2v) is 5.18. The Labute approximate surface area is 136 Å². The number of hydrogen-bond donors (Lipinski definition) is 1. The Bertz CT molecular complexity index is 991. The zero-order valence-electron chi connectivity index (χ0n) is 12.8. The summed E-state index contributed by atoms with van der Waals surface area (Å²) in [6.07, 6.45) is 2.04. The maximum atomic E-state index is 12.1. The second-order valence-electron chi connectivity index (χ2n) is 5.18. The van der Waals surface area contributed by atoms with Gasteiger partial charge in [0.05, 0.1) is 0 Å². The van der Waals surface area contributed by atoms with E-state index in [0.29, 0.717) is 30.5 Å². The fraction of sp³-hybridized carbons (Fsp3) is 0.176. The molecule has 0 saturated heterocycles. The van der Waals surface area contributed by atoms with Crippen LogP contribution in [0.3, 0.4) is 0 Å². The molecular formula is C17H15N3O4. The Hall–Kier alpha value is -3.22. The van der Waals surface area contributed by atoms with E-state index in [9.17, 15) is 14.4 Å². The first kappa shape index (κ1) is 15.7. The third kappa shape index (κ3) is 3.40. The first-order valence-corrected chi connectivity index (χ1v) is 7.48. The number of rotatable bonds is 5. The molecule has 2 heterocycles. The van der Waals surface area contributed by atoms with Gasteiger partial charge in [0.25, 0.3) is 11.5 Å². The Morgan fingerprint density at radius 2 is 2.00 bits per heavy atom. The highest BCUT2D eigenvalue weighted by molar-refractivity contribution is 5.96. The number of amides is 1. The Morgan fingerprint density at radius 3 is 2.83 bits per heavy atom. The van der Waals surface area contributed by atoms with Gasteiger partial charge in [-0.05, 0) is 24.6 Å². The fourth-order valence-corrected chi connectivity index (χ4v) is 2.30. The third-order valence-corrected chi connectivity index (χ3v) is 3.50. The van der Waals surface area contributed by atoms with Gasteiger partial charge in [-0.2, -0.15) is 5.10 Å². The maximum absolute atomic E-state index is 12.1. The summed E-state index contributed by atoms with van der Waals surface area (Å²) >= 11 is 0. The number of para-hydroxylation sites is 1. The topological polar surface area (TPSA) is 94.2 Å². The molecule has 0 unspecified atom stereocenters. The second kappa shape index (κ2) is 6.91. The molecule has 3 rings (SSSR count). The lowest BCUT2D eigenvalue weighted by Gasteiger charge is -2.06. The lowest BCUT2D eigenvalue weighted by atomic mass is 10.2. The molecule has 0 fully saturated rings. The summed E-state index contributed by atoms with van der Waals surface area (Å²) in [5.41, 5.74) is -0.469. The van der Waals surface area contributed by atoms with Gasteiger partial charge >= 0.3 is 5.63 Å². The predicted molar refractivity (Wildman–Crippen MR) is 87.9 cm³/mol.